The molecule has 0 aromatic carbocycles. The number of nitrogens with one attached hydrogen (secondary N) is 1. The topological polar surface area (TPSA) is 63.8 Å². The Labute approximate surface area is 91.3 Å². The Bertz CT molecular complexity index is 299. The van der Waals surface area contributed by atoms with Gasteiger partial charge in [0.25, 0.3) is 0 Å². The summed E-state index contributed by atoms with van der Waals surface area (Å²) < 4.78 is 0. The zero-order valence-electron chi connectivity index (χ0n) is 9.75. The first-order valence-electron chi connectivity index (χ1n) is 5.51. The zero-order chi connectivity index (χ0) is 11.3. The van der Waals surface area contributed by atoms with Crippen LogP contribution >= 0.6 is 0 Å². The van der Waals surface area contributed by atoms with Crippen LogP contribution < -0.4 is 11.1 Å². The van der Waals surface area contributed by atoms with Crippen molar-refractivity contribution in [2.45, 2.75) is 45.6 Å². The van der Waals surface area contributed by atoms with Crippen molar-refractivity contribution in [2.24, 2.45) is 0 Å². The van der Waals surface area contributed by atoms with Crippen LogP contribution in [0.4, 0.5) is 11.6 Å². The minimum absolute atomic E-state index is 0.114. The molecule has 15 heavy (non-hydrogen) atoms. The van der Waals surface area contributed by atoms with Gasteiger partial charge in [0, 0.05) is 5.54 Å². The Morgan fingerprint density at radius 1 is 1.20 bits per heavy atom. The van der Waals surface area contributed by atoms with Gasteiger partial charge in [0.2, 0.25) is 0 Å². The van der Waals surface area contributed by atoms with Gasteiger partial charge >= 0.3 is 0 Å². The molecule has 0 unspecified atom stereocenters. The van der Waals surface area contributed by atoms with Crippen LogP contribution in [0.15, 0.2) is 12.4 Å². The van der Waals surface area contributed by atoms with E-state index in [1.165, 1.54) is 0 Å². The first-order valence-corrected chi connectivity index (χ1v) is 5.51. The van der Waals surface area contributed by atoms with Crippen molar-refractivity contribution in [3.63, 3.8) is 0 Å². The lowest BCUT2D eigenvalue weighted by Crippen LogP contribution is -2.36. The number of nitrogens with zero attached hydrogens (tertiary/aromatic N) is 2. The number of aromatic nitrogens is 2. The lowest BCUT2D eigenvalue weighted by molar-refractivity contribution is 0.419. The molecule has 84 valence electrons. The normalized spacial score (nSPS) is 11.4. The quantitative estimate of drug-likeness (QED) is 0.780. The first-order chi connectivity index (χ1) is 7.15. The van der Waals surface area contributed by atoms with Crippen molar-refractivity contribution < 1.29 is 0 Å². The molecule has 0 saturated heterocycles. The fraction of sp³-hybridized carbons (Fsp3) is 0.636. The van der Waals surface area contributed by atoms with Crippen molar-refractivity contribution >= 4 is 11.6 Å². The average molecular weight is 208 g/mol. The maximum Gasteiger partial charge on any atom is 0.147 e. The van der Waals surface area contributed by atoms with Gasteiger partial charge in [0.15, 0.2) is 0 Å². The molecule has 0 saturated carbocycles. The largest absolute Gasteiger partial charge is 0.382 e. The Morgan fingerprint density at radius 2 is 1.80 bits per heavy atom. The summed E-state index contributed by atoms with van der Waals surface area (Å²) in [5.41, 5.74) is 5.70. The molecule has 0 aliphatic rings. The summed E-state index contributed by atoms with van der Waals surface area (Å²) in [4.78, 5) is 8.23. The van der Waals surface area contributed by atoms with E-state index in [-0.39, 0.29) is 5.54 Å². The molecule has 0 fully saturated rings. The third-order valence-corrected chi connectivity index (χ3v) is 3.08. The second-order valence-corrected chi connectivity index (χ2v) is 3.80. The van der Waals surface area contributed by atoms with E-state index in [1.807, 2.05) is 0 Å². The molecule has 0 spiro atoms. The molecule has 4 heteroatoms. The molecule has 0 atom stereocenters. The molecule has 4 nitrogen and oxygen atoms in total. The van der Waals surface area contributed by atoms with E-state index in [1.54, 1.807) is 12.4 Å². The summed E-state index contributed by atoms with van der Waals surface area (Å²) >= 11 is 0. The van der Waals surface area contributed by atoms with E-state index in [4.69, 9.17) is 5.73 Å². The Kier molecular flexibility index (Phi) is 3.88. The highest BCUT2D eigenvalue weighted by Crippen LogP contribution is 2.24. The van der Waals surface area contributed by atoms with Gasteiger partial charge in [-0.2, -0.15) is 0 Å². The van der Waals surface area contributed by atoms with Crippen LogP contribution in [0.1, 0.15) is 40.0 Å². The molecule has 1 aromatic heterocycles. The molecule has 0 aliphatic heterocycles. The van der Waals surface area contributed by atoms with Gasteiger partial charge in [-0.25, -0.2) is 4.98 Å². The van der Waals surface area contributed by atoms with Crippen molar-refractivity contribution in [1.29, 1.82) is 0 Å². The summed E-state index contributed by atoms with van der Waals surface area (Å²) in [6.07, 6.45) is 6.46. The Morgan fingerprint density at radius 3 is 2.27 bits per heavy atom. The van der Waals surface area contributed by atoms with E-state index in [0.717, 1.165) is 25.1 Å². The summed E-state index contributed by atoms with van der Waals surface area (Å²) in [6, 6.07) is 0. The van der Waals surface area contributed by atoms with Crippen LogP contribution in [-0.2, 0) is 0 Å². The molecule has 3 N–H and O–H groups in total. The molecule has 1 rings (SSSR count). The smallest absolute Gasteiger partial charge is 0.147 e. The summed E-state index contributed by atoms with van der Waals surface area (Å²) in [7, 11) is 0. The van der Waals surface area contributed by atoms with Gasteiger partial charge in [0.1, 0.15) is 11.6 Å². The van der Waals surface area contributed by atoms with Crippen molar-refractivity contribution in [1.82, 2.24) is 9.97 Å². The number of rotatable bonds is 5. The molecule has 0 bridgehead atoms. The molecule has 0 aliphatic carbocycles. The number of nitrogen functional groups attached to an aromatic ring is 1. The summed E-state index contributed by atoms with van der Waals surface area (Å²) in [6.45, 7) is 6.54. The predicted molar refractivity (Wildman–Crippen MR) is 63.7 cm³/mol. The van der Waals surface area contributed by atoms with Crippen LogP contribution in [0.25, 0.3) is 0 Å². The number of anilines is 2. The lowest BCUT2D eigenvalue weighted by atomic mass is 9.90. The monoisotopic (exact) mass is 208 g/mol. The van der Waals surface area contributed by atoms with Gasteiger partial charge in [-0.15, -0.1) is 0 Å². The van der Waals surface area contributed by atoms with Gasteiger partial charge in [0.05, 0.1) is 12.4 Å². The van der Waals surface area contributed by atoms with Crippen molar-refractivity contribution in [3.05, 3.63) is 12.4 Å². The van der Waals surface area contributed by atoms with Crippen molar-refractivity contribution in [3.8, 4) is 0 Å². The predicted octanol–water partition coefficient (Wildman–Crippen LogP) is 2.44. The van der Waals surface area contributed by atoms with E-state index >= 15 is 0 Å². The van der Waals surface area contributed by atoms with Crippen LogP contribution in [0.2, 0.25) is 0 Å². The minimum Gasteiger partial charge on any atom is -0.382 e. The molecular formula is C11H20N4. The standard InChI is InChI=1S/C11H20N4/c1-4-11(5-2,6-3)15-10-8-13-7-9(12)14-10/h7-8H,4-6H2,1-3H3,(H3,12,14,15). The van der Waals surface area contributed by atoms with Crippen LogP contribution in [0, 0.1) is 0 Å². The highest BCUT2D eigenvalue weighted by Gasteiger charge is 2.23. The number of hydrogen-bond donors (Lipinski definition) is 2. The second-order valence-electron chi connectivity index (χ2n) is 3.80. The fourth-order valence-electron chi connectivity index (χ4n) is 1.73. The van der Waals surface area contributed by atoms with Gasteiger partial charge in [-0.1, -0.05) is 20.8 Å². The number of hydrogen-bond acceptors (Lipinski definition) is 4. The van der Waals surface area contributed by atoms with Crippen molar-refractivity contribution in [2.75, 3.05) is 11.1 Å². The average Bonchev–Trinajstić information content (AvgIpc) is 2.26. The van der Waals surface area contributed by atoms with Gasteiger partial charge in [-0.05, 0) is 19.3 Å². The third-order valence-electron chi connectivity index (χ3n) is 3.08. The Hall–Kier alpha value is -1.32. The molecular weight excluding hydrogens is 188 g/mol. The van der Waals surface area contributed by atoms with Gasteiger partial charge in [-0.3, -0.25) is 4.98 Å². The Balaban J connectivity index is 2.82. The minimum atomic E-state index is 0.114. The molecule has 0 amide bonds. The lowest BCUT2D eigenvalue weighted by Gasteiger charge is -2.32. The van der Waals surface area contributed by atoms with Crippen LogP contribution in [0.3, 0.4) is 0 Å². The summed E-state index contributed by atoms with van der Waals surface area (Å²) in [5, 5.41) is 3.43. The van der Waals surface area contributed by atoms with E-state index < -0.39 is 0 Å². The zero-order valence-corrected chi connectivity index (χ0v) is 9.75. The highest BCUT2D eigenvalue weighted by atomic mass is 15.1. The fourth-order valence-corrected chi connectivity index (χ4v) is 1.73. The first kappa shape index (κ1) is 11.8. The summed E-state index contributed by atoms with van der Waals surface area (Å²) in [5.74, 6) is 1.22. The maximum absolute atomic E-state index is 5.59. The maximum atomic E-state index is 5.59. The van der Waals surface area contributed by atoms with Crippen LogP contribution in [-0.4, -0.2) is 15.5 Å². The van der Waals surface area contributed by atoms with Crippen LogP contribution in [0.5, 0.6) is 0 Å². The second kappa shape index (κ2) is 4.96. The molecule has 0 radical (unpaired) electrons. The number of nitrogens with two attached hydrogens (primary N) is 1. The highest BCUT2D eigenvalue weighted by molar-refractivity contribution is 5.40. The molecule has 1 heterocycles. The van der Waals surface area contributed by atoms with E-state index in [9.17, 15) is 0 Å². The van der Waals surface area contributed by atoms with E-state index in [0.29, 0.717) is 5.82 Å². The van der Waals surface area contributed by atoms with E-state index in [2.05, 4.69) is 36.1 Å². The SMILES string of the molecule is CCC(CC)(CC)Nc1cncc(N)n1. The third kappa shape index (κ3) is 2.81. The molecule has 1 aromatic rings. The van der Waals surface area contributed by atoms with Gasteiger partial charge < -0.3 is 11.1 Å².